The molecule has 2 fully saturated rings. The first-order chi connectivity index (χ1) is 12.1. The fourth-order valence-electron chi connectivity index (χ4n) is 3.86. The van der Waals surface area contributed by atoms with Crippen LogP contribution < -0.4 is 4.90 Å². The van der Waals surface area contributed by atoms with Gasteiger partial charge in [-0.05, 0) is 44.5 Å². The third-order valence-corrected chi connectivity index (χ3v) is 5.20. The Hall–Kier alpha value is -2.28. The maximum atomic E-state index is 14.0. The zero-order valence-electron chi connectivity index (χ0n) is 14.2. The first-order valence-corrected chi connectivity index (χ1v) is 8.73. The second-order valence-corrected chi connectivity index (χ2v) is 6.73. The van der Waals surface area contributed by atoms with E-state index in [4.69, 9.17) is 4.52 Å². The highest BCUT2D eigenvalue weighted by Gasteiger charge is 2.39. The molecule has 0 aliphatic carbocycles. The number of carbonyl (C=O) groups is 1. The van der Waals surface area contributed by atoms with Gasteiger partial charge in [-0.15, -0.1) is 0 Å². The van der Waals surface area contributed by atoms with Gasteiger partial charge in [-0.25, -0.2) is 4.39 Å². The Morgan fingerprint density at radius 2 is 1.92 bits per heavy atom. The van der Waals surface area contributed by atoms with Gasteiger partial charge < -0.3 is 9.42 Å². The SMILES string of the molecule is Cc1nc(C2CCN([C@@H]3CCN(c4ccccc4F)C3=O)CC2)no1. The van der Waals surface area contributed by atoms with E-state index in [1.165, 1.54) is 6.07 Å². The molecule has 3 heterocycles. The topological polar surface area (TPSA) is 62.5 Å². The summed E-state index contributed by atoms with van der Waals surface area (Å²) >= 11 is 0. The predicted octanol–water partition coefficient (Wildman–Crippen LogP) is 2.50. The monoisotopic (exact) mass is 344 g/mol. The van der Waals surface area contributed by atoms with E-state index in [1.807, 2.05) is 0 Å². The summed E-state index contributed by atoms with van der Waals surface area (Å²) in [4.78, 5) is 20.9. The van der Waals surface area contributed by atoms with Crippen molar-refractivity contribution in [1.82, 2.24) is 15.0 Å². The summed E-state index contributed by atoms with van der Waals surface area (Å²) in [6.07, 6.45) is 2.55. The molecule has 1 atom stereocenters. The van der Waals surface area contributed by atoms with Crippen molar-refractivity contribution in [3.05, 3.63) is 41.8 Å². The third kappa shape index (κ3) is 3.04. The Morgan fingerprint density at radius 3 is 2.60 bits per heavy atom. The van der Waals surface area contributed by atoms with Crippen LogP contribution in [0.3, 0.4) is 0 Å². The number of anilines is 1. The van der Waals surface area contributed by atoms with Crippen LogP contribution in [0, 0.1) is 12.7 Å². The number of rotatable bonds is 3. The Balaban J connectivity index is 1.41. The molecule has 1 aromatic heterocycles. The molecule has 6 nitrogen and oxygen atoms in total. The molecule has 0 unspecified atom stereocenters. The number of aromatic nitrogens is 2. The van der Waals surface area contributed by atoms with Gasteiger partial charge in [0.05, 0.1) is 11.7 Å². The highest BCUT2D eigenvalue weighted by Crippen LogP contribution is 2.31. The van der Waals surface area contributed by atoms with Crippen LogP contribution in [0.5, 0.6) is 0 Å². The van der Waals surface area contributed by atoms with E-state index in [-0.39, 0.29) is 23.7 Å². The zero-order valence-corrected chi connectivity index (χ0v) is 14.2. The molecular weight excluding hydrogens is 323 g/mol. The molecule has 1 aromatic carbocycles. The number of nitrogens with zero attached hydrogens (tertiary/aromatic N) is 4. The van der Waals surface area contributed by atoms with E-state index < -0.39 is 0 Å². The molecule has 7 heteroatoms. The molecule has 2 aliphatic heterocycles. The molecule has 132 valence electrons. The highest BCUT2D eigenvalue weighted by molar-refractivity contribution is 5.99. The van der Waals surface area contributed by atoms with E-state index in [1.54, 1.807) is 30.0 Å². The number of carbonyl (C=O) groups excluding carboxylic acids is 1. The normalized spacial score (nSPS) is 22.7. The summed E-state index contributed by atoms with van der Waals surface area (Å²) in [7, 11) is 0. The lowest BCUT2D eigenvalue weighted by Gasteiger charge is -2.34. The van der Waals surface area contributed by atoms with Gasteiger partial charge in [0.2, 0.25) is 11.8 Å². The lowest BCUT2D eigenvalue weighted by molar-refractivity contribution is -0.122. The van der Waals surface area contributed by atoms with Crippen molar-refractivity contribution in [2.75, 3.05) is 24.5 Å². The van der Waals surface area contributed by atoms with Gasteiger partial charge in [0.15, 0.2) is 5.82 Å². The number of likely N-dealkylation sites (tertiary alicyclic amines) is 1. The number of amides is 1. The molecule has 2 saturated heterocycles. The molecule has 0 saturated carbocycles. The Labute approximate surface area is 145 Å². The van der Waals surface area contributed by atoms with Gasteiger partial charge in [0, 0.05) is 19.4 Å². The Kier molecular flexibility index (Phi) is 4.25. The Morgan fingerprint density at radius 1 is 1.16 bits per heavy atom. The van der Waals surface area contributed by atoms with Crippen LogP contribution in [0.2, 0.25) is 0 Å². The molecule has 0 radical (unpaired) electrons. The molecule has 25 heavy (non-hydrogen) atoms. The number of hydrogen-bond acceptors (Lipinski definition) is 5. The van der Waals surface area contributed by atoms with Crippen LogP contribution in [0.15, 0.2) is 28.8 Å². The van der Waals surface area contributed by atoms with Gasteiger partial charge in [-0.1, -0.05) is 17.3 Å². The molecule has 0 spiro atoms. The maximum Gasteiger partial charge on any atom is 0.244 e. The fourth-order valence-corrected chi connectivity index (χ4v) is 3.86. The molecule has 2 aromatic rings. The summed E-state index contributed by atoms with van der Waals surface area (Å²) < 4.78 is 19.1. The summed E-state index contributed by atoms with van der Waals surface area (Å²) in [5, 5.41) is 4.02. The minimum atomic E-state index is -0.345. The van der Waals surface area contributed by atoms with Crippen molar-refractivity contribution in [3.63, 3.8) is 0 Å². The van der Waals surface area contributed by atoms with E-state index in [2.05, 4.69) is 15.0 Å². The zero-order chi connectivity index (χ0) is 17.4. The van der Waals surface area contributed by atoms with Crippen molar-refractivity contribution >= 4 is 11.6 Å². The van der Waals surface area contributed by atoms with Gasteiger partial charge >= 0.3 is 0 Å². The van der Waals surface area contributed by atoms with Crippen molar-refractivity contribution < 1.29 is 13.7 Å². The third-order valence-electron chi connectivity index (χ3n) is 5.20. The summed E-state index contributed by atoms with van der Waals surface area (Å²) in [6.45, 7) is 3.99. The number of aryl methyl sites for hydroxylation is 1. The smallest absolute Gasteiger partial charge is 0.244 e. The number of para-hydroxylation sites is 1. The van der Waals surface area contributed by atoms with Crippen LogP contribution >= 0.6 is 0 Å². The minimum absolute atomic E-state index is 0.000967. The van der Waals surface area contributed by atoms with E-state index >= 15 is 0 Å². The number of hydrogen-bond donors (Lipinski definition) is 0. The first-order valence-electron chi connectivity index (χ1n) is 8.73. The van der Waals surface area contributed by atoms with Crippen LogP contribution in [-0.4, -0.2) is 46.6 Å². The molecular formula is C18H21FN4O2. The average Bonchev–Trinajstić information content (AvgIpc) is 3.22. The number of benzene rings is 1. The van der Waals surface area contributed by atoms with E-state index in [9.17, 15) is 9.18 Å². The molecule has 0 bridgehead atoms. The van der Waals surface area contributed by atoms with Gasteiger partial charge in [0.25, 0.3) is 0 Å². The van der Waals surface area contributed by atoms with Crippen LogP contribution in [-0.2, 0) is 4.79 Å². The average molecular weight is 344 g/mol. The predicted molar refractivity (Wildman–Crippen MR) is 89.7 cm³/mol. The molecule has 4 rings (SSSR count). The molecule has 1 amide bonds. The first kappa shape index (κ1) is 16.2. The number of piperidine rings is 1. The van der Waals surface area contributed by atoms with Crippen molar-refractivity contribution in [2.45, 2.75) is 38.1 Å². The van der Waals surface area contributed by atoms with E-state index in [0.29, 0.717) is 18.1 Å². The van der Waals surface area contributed by atoms with Crippen LogP contribution in [0.25, 0.3) is 0 Å². The van der Waals surface area contributed by atoms with Crippen molar-refractivity contribution in [2.24, 2.45) is 0 Å². The summed E-state index contributed by atoms with van der Waals surface area (Å²) in [5.74, 6) is 1.29. The summed E-state index contributed by atoms with van der Waals surface area (Å²) in [6, 6.07) is 6.31. The van der Waals surface area contributed by atoms with Crippen molar-refractivity contribution in [3.8, 4) is 0 Å². The second-order valence-electron chi connectivity index (χ2n) is 6.73. The second kappa shape index (κ2) is 6.55. The van der Waals surface area contributed by atoms with Gasteiger partial charge in [0.1, 0.15) is 5.82 Å². The van der Waals surface area contributed by atoms with Crippen molar-refractivity contribution in [1.29, 1.82) is 0 Å². The summed E-state index contributed by atoms with van der Waals surface area (Å²) in [5.41, 5.74) is 0.382. The Bertz CT molecular complexity index is 770. The molecule has 0 N–H and O–H groups in total. The maximum absolute atomic E-state index is 14.0. The quantitative estimate of drug-likeness (QED) is 0.856. The lowest BCUT2D eigenvalue weighted by atomic mass is 9.95. The van der Waals surface area contributed by atoms with Gasteiger partial charge in [-0.2, -0.15) is 4.98 Å². The largest absolute Gasteiger partial charge is 0.340 e. The van der Waals surface area contributed by atoms with Crippen LogP contribution in [0.1, 0.15) is 36.9 Å². The minimum Gasteiger partial charge on any atom is -0.340 e. The van der Waals surface area contributed by atoms with Gasteiger partial charge in [-0.3, -0.25) is 9.69 Å². The highest BCUT2D eigenvalue weighted by atomic mass is 19.1. The molecule has 2 aliphatic rings. The van der Waals surface area contributed by atoms with Crippen LogP contribution in [0.4, 0.5) is 10.1 Å². The standard InChI is InChI=1S/C18H21FN4O2/c1-12-20-17(21-25-12)13-6-9-22(10-7-13)16-8-11-23(18(16)24)15-5-3-2-4-14(15)19/h2-5,13,16H,6-11H2,1H3/t16-/m1/s1. The fraction of sp³-hybridized carbons (Fsp3) is 0.500. The lowest BCUT2D eigenvalue weighted by Crippen LogP contribution is -2.45. The van der Waals surface area contributed by atoms with E-state index in [0.717, 1.165) is 38.2 Å². The number of halogens is 1.